The minimum atomic E-state index is -0.125. The van der Waals surface area contributed by atoms with Gasteiger partial charge in [-0.1, -0.05) is 43.2 Å². The van der Waals surface area contributed by atoms with Crippen LogP contribution in [0.4, 0.5) is 0 Å². The molecule has 0 aromatic heterocycles. The monoisotopic (exact) mass is 362 g/mol. The third kappa shape index (κ3) is 5.82. The van der Waals surface area contributed by atoms with Crippen molar-refractivity contribution in [2.24, 2.45) is 16.1 Å². The maximum absolute atomic E-state index is 10.8. The molecule has 142 valence electrons. The first-order valence-electron chi connectivity index (χ1n) is 9.21. The molecule has 27 heavy (non-hydrogen) atoms. The van der Waals surface area contributed by atoms with Gasteiger partial charge in [0.15, 0.2) is 0 Å². The van der Waals surface area contributed by atoms with Crippen molar-refractivity contribution in [1.29, 1.82) is 0 Å². The minimum Gasteiger partial charge on any atom is -0.507 e. The van der Waals surface area contributed by atoms with Gasteiger partial charge in [-0.05, 0) is 68.5 Å². The zero-order valence-corrected chi connectivity index (χ0v) is 17.2. The normalized spacial score (nSPS) is 13.8. The van der Waals surface area contributed by atoms with Gasteiger partial charge in [0, 0.05) is 18.5 Å². The Hall–Kier alpha value is -2.86. The highest BCUT2D eigenvalue weighted by Gasteiger charge is 2.17. The molecule has 0 bridgehead atoms. The molecule has 0 radical (unpaired) electrons. The Morgan fingerprint density at radius 3 is 2.44 bits per heavy atom. The lowest BCUT2D eigenvalue weighted by Crippen LogP contribution is -2.01. The molecule has 1 unspecified atom stereocenters. The Labute approximate surface area is 163 Å². The van der Waals surface area contributed by atoms with E-state index < -0.39 is 0 Å². The van der Waals surface area contributed by atoms with E-state index in [1.807, 2.05) is 71.1 Å². The summed E-state index contributed by atoms with van der Waals surface area (Å²) in [6.45, 7) is 9.95. The lowest BCUT2D eigenvalue weighted by atomic mass is 9.88. The number of aromatic hydroxyl groups is 1. The van der Waals surface area contributed by atoms with Gasteiger partial charge in [-0.15, -0.1) is 6.42 Å². The van der Waals surface area contributed by atoms with Gasteiger partial charge in [0.2, 0.25) is 0 Å². The average Bonchev–Trinajstić information content (AvgIpc) is 2.65. The van der Waals surface area contributed by atoms with Crippen molar-refractivity contribution in [3.05, 3.63) is 64.9 Å². The average molecular weight is 363 g/mol. The quantitative estimate of drug-likeness (QED) is 0.324. The Morgan fingerprint density at radius 1 is 1.30 bits per heavy atom. The molecule has 1 aromatic carbocycles. The molecule has 0 fully saturated rings. The largest absolute Gasteiger partial charge is 0.507 e. The van der Waals surface area contributed by atoms with Crippen molar-refractivity contribution in [1.82, 2.24) is 0 Å². The summed E-state index contributed by atoms with van der Waals surface area (Å²) in [5.74, 6) is 2.92. The fourth-order valence-corrected chi connectivity index (χ4v) is 2.82. The van der Waals surface area contributed by atoms with Gasteiger partial charge in [0.1, 0.15) is 5.75 Å². The maximum Gasteiger partial charge on any atom is 0.123 e. The lowest BCUT2D eigenvalue weighted by molar-refractivity contribution is 0.472. The van der Waals surface area contributed by atoms with Crippen molar-refractivity contribution in [2.45, 2.75) is 41.0 Å². The van der Waals surface area contributed by atoms with Crippen LogP contribution in [0.25, 0.3) is 11.1 Å². The molecular weight excluding hydrogens is 332 g/mol. The number of benzene rings is 1. The summed E-state index contributed by atoms with van der Waals surface area (Å²) < 4.78 is 0. The molecular formula is C24H30N2O. The van der Waals surface area contributed by atoms with E-state index in [-0.39, 0.29) is 11.7 Å². The van der Waals surface area contributed by atoms with E-state index in [2.05, 4.69) is 16.1 Å². The first-order valence-corrected chi connectivity index (χ1v) is 9.21. The second kappa shape index (κ2) is 11.0. The molecule has 0 aliphatic rings. The summed E-state index contributed by atoms with van der Waals surface area (Å²) in [4.78, 5) is 0. The van der Waals surface area contributed by atoms with Gasteiger partial charge in [0.05, 0.1) is 5.70 Å². The number of hydrogen-bond donors (Lipinski definition) is 1. The van der Waals surface area contributed by atoms with E-state index in [1.165, 1.54) is 0 Å². The third-order valence-corrected chi connectivity index (χ3v) is 4.30. The predicted molar refractivity (Wildman–Crippen MR) is 116 cm³/mol. The Kier molecular flexibility index (Phi) is 9.02. The van der Waals surface area contributed by atoms with E-state index in [9.17, 15) is 5.11 Å². The van der Waals surface area contributed by atoms with Gasteiger partial charge in [-0.2, -0.15) is 10.2 Å². The zero-order chi connectivity index (χ0) is 20.4. The number of rotatable bonds is 7. The molecule has 3 nitrogen and oxygen atoms in total. The minimum absolute atomic E-state index is 0.125. The molecule has 0 aliphatic heterocycles. The standard InChI is InChI=1S/C24H30N2O/c1-8-12-19(11-4)20-13-14-21(24(27)15-20)22(18(9-2)10-3)16-23(17(5)6)26-25-7/h2,8,11-16,18,27H,10H2,1,3-7H3/b12-8-,19-11+,22-16+,26-25?. The second-order valence-electron chi connectivity index (χ2n) is 6.39. The molecule has 0 aliphatic carbocycles. The highest BCUT2D eigenvalue weighted by molar-refractivity contribution is 5.80. The third-order valence-electron chi connectivity index (χ3n) is 4.30. The number of hydrogen-bond acceptors (Lipinski definition) is 3. The van der Waals surface area contributed by atoms with E-state index in [1.54, 1.807) is 13.1 Å². The molecule has 1 aromatic rings. The van der Waals surface area contributed by atoms with Gasteiger partial charge in [-0.25, -0.2) is 0 Å². The van der Waals surface area contributed by atoms with Crippen LogP contribution in [0.3, 0.4) is 0 Å². The number of allylic oxidation sites excluding steroid dienone is 7. The van der Waals surface area contributed by atoms with Crippen molar-refractivity contribution >= 4 is 11.1 Å². The first kappa shape index (κ1) is 22.2. The topological polar surface area (TPSA) is 45.0 Å². The van der Waals surface area contributed by atoms with Crippen LogP contribution in [0.2, 0.25) is 0 Å². The predicted octanol–water partition coefficient (Wildman–Crippen LogP) is 6.79. The molecule has 1 rings (SSSR count). The lowest BCUT2D eigenvalue weighted by Gasteiger charge is -2.17. The van der Waals surface area contributed by atoms with E-state index in [4.69, 9.17) is 6.42 Å². The second-order valence-corrected chi connectivity index (χ2v) is 6.39. The summed E-state index contributed by atoms with van der Waals surface area (Å²) in [7, 11) is 1.64. The van der Waals surface area contributed by atoms with Crippen molar-refractivity contribution in [2.75, 3.05) is 7.05 Å². The number of terminal acetylenes is 1. The van der Waals surface area contributed by atoms with Crippen LogP contribution in [0.1, 0.15) is 52.2 Å². The Morgan fingerprint density at radius 2 is 2.00 bits per heavy atom. The number of phenolic OH excluding ortho intramolecular Hbond substituents is 1. The van der Waals surface area contributed by atoms with Gasteiger partial charge >= 0.3 is 0 Å². The molecule has 0 heterocycles. The number of azo groups is 1. The Balaban J connectivity index is 3.62. The summed E-state index contributed by atoms with van der Waals surface area (Å²) in [6.07, 6.45) is 14.5. The summed E-state index contributed by atoms with van der Waals surface area (Å²) in [6, 6.07) is 5.71. The van der Waals surface area contributed by atoms with Crippen molar-refractivity contribution in [3.63, 3.8) is 0 Å². The molecule has 0 amide bonds. The van der Waals surface area contributed by atoms with Crippen LogP contribution in [0.5, 0.6) is 5.75 Å². The van der Waals surface area contributed by atoms with E-state index in [0.717, 1.165) is 40.0 Å². The van der Waals surface area contributed by atoms with Crippen LogP contribution in [0, 0.1) is 18.3 Å². The summed E-state index contributed by atoms with van der Waals surface area (Å²) in [5.41, 5.74) is 5.41. The van der Waals surface area contributed by atoms with Gasteiger partial charge < -0.3 is 5.11 Å². The fraction of sp³-hybridized carbons (Fsp3) is 0.333. The first-order chi connectivity index (χ1) is 12.9. The Bertz CT molecular complexity index is 842. The van der Waals surface area contributed by atoms with Crippen LogP contribution in [-0.2, 0) is 0 Å². The summed E-state index contributed by atoms with van der Waals surface area (Å²) in [5, 5.41) is 18.9. The summed E-state index contributed by atoms with van der Waals surface area (Å²) >= 11 is 0. The van der Waals surface area contributed by atoms with Crippen molar-refractivity contribution < 1.29 is 5.11 Å². The van der Waals surface area contributed by atoms with Crippen LogP contribution >= 0.6 is 0 Å². The number of phenols is 1. The van der Waals surface area contributed by atoms with E-state index in [0.29, 0.717) is 0 Å². The molecule has 0 spiro atoms. The van der Waals surface area contributed by atoms with E-state index >= 15 is 0 Å². The van der Waals surface area contributed by atoms with Gasteiger partial charge in [0.25, 0.3) is 0 Å². The molecule has 3 heteroatoms. The van der Waals surface area contributed by atoms with Crippen LogP contribution in [0.15, 0.2) is 64.0 Å². The van der Waals surface area contributed by atoms with Crippen molar-refractivity contribution in [3.8, 4) is 18.1 Å². The zero-order valence-electron chi connectivity index (χ0n) is 17.2. The smallest absolute Gasteiger partial charge is 0.123 e. The molecule has 0 saturated carbocycles. The SMILES string of the molecule is C#CC(CC)/C(=C\C(N=NC)=C(C)C)c1ccc(C(/C=C\C)=C/C)cc1O. The molecule has 1 atom stereocenters. The highest BCUT2D eigenvalue weighted by Crippen LogP contribution is 2.35. The maximum atomic E-state index is 10.8. The molecule has 0 saturated heterocycles. The van der Waals surface area contributed by atoms with Crippen LogP contribution in [-0.4, -0.2) is 12.2 Å². The fourth-order valence-electron chi connectivity index (χ4n) is 2.82. The number of nitrogens with zero attached hydrogens (tertiary/aromatic N) is 2. The van der Waals surface area contributed by atoms with Crippen LogP contribution < -0.4 is 0 Å². The van der Waals surface area contributed by atoms with Gasteiger partial charge in [-0.3, -0.25) is 0 Å². The molecule has 1 N–H and O–H groups in total. The highest BCUT2D eigenvalue weighted by atomic mass is 16.3.